The maximum atomic E-state index is 12.4. The van der Waals surface area contributed by atoms with Gasteiger partial charge in [0.15, 0.2) is 0 Å². The quantitative estimate of drug-likeness (QED) is 0.533. The first-order valence-corrected chi connectivity index (χ1v) is 11.1. The van der Waals surface area contributed by atoms with Gasteiger partial charge in [-0.2, -0.15) is 5.26 Å². The highest BCUT2D eigenvalue weighted by molar-refractivity contribution is 7.16. The number of fused-ring (bicyclic) bond motifs is 1. The molecule has 3 aromatic heterocycles. The molecule has 0 aliphatic heterocycles. The minimum absolute atomic E-state index is 0.270. The summed E-state index contributed by atoms with van der Waals surface area (Å²) in [6.45, 7) is 2.07. The molecule has 2 N–H and O–H groups in total. The molecule has 4 rings (SSSR count). The van der Waals surface area contributed by atoms with Gasteiger partial charge in [0.1, 0.15) is 23.4 Å². The van der Waals surface area contributed by atoms with E-state index in [4.69, 9.17) is 9.26 Å². The molecule has 0 spiro atoms. The molecular formula is C23H21N5O4S. The number of amides is 2. The van der Waals surface area contributed by atoms with Crippen LogP contribution in [0.25, 0.3) is 6.08 Å². The van der Waals surface area contributed by atoms with E-state index >= 15 is 0 Å². The highest BCUT2D eigenvalue weighted by Gasteiger charge is 2.28. The van der Waals surface area contributed by atoms with Crippen LogP contribution in [0, 0.1) is 18.3 Å². The summed E-state index contributed by atoms with van der Waals surface area (Å²) < 4.78 is 10.4. The number of rotatable bonds is 6. The summed E-state index contributed by atoms with van der Waals surface area (Å²) in [4.78, 5) is 29.5. The van der Waals surface area contributed by atoms with Gasteiger partial charge in [-0.15, -0.1) is 11.3 Å². The number of pyridine rings is 1. The van der Waals surface area contributed by atoms with Crippen molar-refractivity contribution in [3.05, 3.63) is 69.7 Å². The molecule has 10 heteroatoms. The first-order valence-electron chi connectivity index (χ1n) is 10.3. The monoisotopic (exact) mass is 463 g/mol. The third kappa shape index (κ3) is 5.45. The van der Waals surface area contributed by atoms with Crippen LogP contribution in [0.5, 0.6) is 0 Å². The van der Waals surface area contributed by atoms with Crippen LogP contribution in [-0.4, -0.2) is 28.2 Å². The zero-order chi connectivity index (χ0) is 23.2. The third-order valence-corrected chi connectivity index (χ3v) is 6.40. The number of hydrogen-bond acceptors (Lipinski definition) is 8. The van der Waals surface area contributed by atoms with E-state index in [-0.39, 0.29) is 18.6 Å². The molecule has 9 nitrogen and oxygen atoms in total. The van der Waals surface area contributed by atoms with Crippen molar-refractivity contribution in [2.45, 2.75) is 38.8 Å². The average Bonchev–Trinajstić information content (AvgIpc) is 3.38. The van der Waals surface area contributed by atoms with Crippen molar-refractivity contribution in [1.82, 2.24) is 15.5 Å². The highest BCUT2D eigenvalue weighted by atomic mass is 32.1. The summed E-state index contributed by atoms with van der Waals surface area (Å²) in [6.07, 6.45) is 8.73. The smallest absolute Gasteiger partial charge is 0.407 e. The number of carbonyl (C=O) groups excluding carboxylic acids is 2. The van der Waals surface area contributed by atoms with Crippen LogP contribution >= 0.6 is 11.3 Å². The lowest BCUT2D eigenvalue weighted by molar-refractivity contribution is -0.111. The molecule has 0 radical (unpaired) electrons. The number of aromatic nitrogens is 2. The van der Waals surface area contributed by atoms with E-state index in [1.54, 1.807) is 31.5 Å². The zero-order valence-corrected chi connectivity index (χ0v) is 18.6. The highest BCUT2D eigenvalue weighted by Crippen LogP contribution is 2.38. The summed E-state index contributed by atoms with van der Waals surface area (Å²) in [5, 5.41) is 19.4. The molecule has 2 amide bonds. The van der Waals surface area contributed by atoms with Crippen LogP contribution in [0.3, 0.4) is 0 Å². The molecule has 3 heterocycles. The summed E-state index contributed by atoms with van der Waals surface area (Å²) in [7, 11) is 0. The third-order valence-electron chi connectivity index (χ3n) is 5.23. The Morgan fingerprint density at radius 2 is 2.33 bits per heavy atom. The first-order chi connectivity index (χ1) is 16.0. The topological polar surface area (TPSA) is 130 Å². The van der Waals surface area contributed by atoms with Crippen molar-refractivity contribution in [1.29, 1.82) is 5.26 Å². The molecule has 1 unspecified atom stereocenters. The van der Waals surface area contributed by atoms with Crippen molar-refractivity contribution >= 4 is 34.4 Å². The van der Waals surface area contributed by atoms with Gasteiger partial charge in [0.05, 0.1) is 17.8 Å². The van der Waals surface area contributed by atoms with Gasteiger partial charge in [-0.1, -0.05) is 11.2 Å². The Labute approximate surface area is 194 Å². The van der Waals surface area contributed by atoms with E-state index in [0.29, 0.717) is 35.5 Å². The lowest BCUT2D eigenvalue weighted by Gasteiger charge is -2.22. The summed E-state index contributed by atoms with van der Waals surface area (Å²) in [5.74, 6) is -0.329. The largest absolute Gasteiger partial charge is 0.446 e. The molecule has 3 aromatic rings. The molecule has 0 saturated heterocycles. The van der Waals surface area contributed by atoms with Gasteiger partial charge in [-0.05, 0) is 43.0 Å². The van der Waals surface area contributed by atoms with Crippen molar-refractivity contribution in [3.63, 3.8) is 0 Å². The predicted octanol–water partition coefficient (Wildman–Crippen LogP) is 3.75. The Morgan fingerprint density at radius 1 is 1.45 bits per heavy atom. The van der Waals surface area contributed by atoms with Gasteiger partial charge in [0.25, 0.3) is 0 Å². The van der Waals surface area contributed by atoms with Gasteiger partial charge in [-0.3, -0.25) is 9.78 Å². The number of thiophene rings is 1. The van der Waals surface area contributed by atoms with E-state index in [1.807, 2.05) is 6.07 Å². The van der Waals surface area contributed by atoms with Gasteiger partial charge in [0.2, 0.25) is 5.91 Å². The molecule has 1 atom stereocenters. The number of carbonyl (C=O) groups is 2. The number of aryl methyl sites for hydroxylation is 1. The minimum atomic E-state index is -0.518. The van der Waals surface area contributed by atoms with Crippen LogP contribution in [0.4, 0.5) is 9.80 Å². The Kier molecular flexibility index (Phi) is 6.80. The maximum Gasteiger partial charge on any atom is 0.407 e. The molecule has 168 valence electrons. The molecular weight excluding hydrogens is 442 g/mol. The summed E-state index contributed by atoms with van der Waals surface area (Å²) >= 11 is 1.35. The van der Waals surface area contributed by atoms with Crippen LogP contribution in [-0.2, 0) is 28.9 Å². The number of anilines is 1. The second-order valence-electron chi connectivity index (χ2n) is 7.48. The van der Waals surface area contributed by atoms with E-state index in [1.165, 1.54) is 23.7 Å². The van der Waals surface area contributed by atoms with Crippen molar-refractivity contribution in [2.24, 2.45) is 0 Å². The van der Waals surface area contributed by atoms with Crippen LogP contribution < -0.4 is 10.6 Å². The van der Waals surface area contributed by atoms with E-state index in [2.05, 4.69) is 26.8 Å². The van der Waals surface area contributed by atoms with Gasteiger partial charge in [0, 0.05) is 35.3 Å². The fourth-order valence-corrected chi connectivity index (χ4v) is 4.77. The molecule has 33 heavy (non-hydrogen) atoms. The predicted molar refractivity (Wildman–Crippen MR) is 121 cm³/mol. The molecule has 1 aliphatic carbocycles. The van der Waals surface area contributed by atoms with Crippen LogP contribution in [0.15, 0.2) is 41.4 Å². The van der Waals surface area contributed by atoms with Gasteiger partial charge >= 0.3 is 6.09 Å². The number of ether oxygens (including phenoxy) is 1. The van der Waals surface area contributed by atoms with Crippen LogP contribution in [0.1, 0.15) is 39.2 Å². The number of hydrogen-bond donors (Lipinski definition) is 2. The first kappa shape index (κ1) is 22.2. The van der Waals surface area contributed by atoms with E-state index in [9.17, 15) is 14.9 Å². The van der Waals surface area contributed by atoms with Crippen LogP contribution in [0.2, 0.25) is 0 Å². The molecule has 0 bridgehead atoms. The number of nitriles is 1. The SMILES string of the molecule is Cc1nocc1CNC(=O)OC1CCc2c(sc(NC(=O)/C=C/c3cccnc3)c2C#N)C1. The van der Waals surface area contributed by atoms with Gasteiger partial charge in [-0.25, -0.2) is 4.79 Å². The average molecular weight is 464 g/mol. The number of nitrogens with zero attached hydrogens (tertiary/aromatic N) is 3. The summed E-state index contributed by atoms with van der Waals surface area (Å²) in [6, 6.07) is 5.83. The Hall–Kier alpha value is -3.97. The molecule has 0 aromatic carbocycles. The molecule has 1 aliphatic rings. The Balaban J connectivity index is 1.36. The van der Waals surface area contributed by atoms with Gasteiger partial charge < -0.3 is 19.9 Å². The fourth-order valence-electron chi connectivity index (χ4n) is 3.51. The van der Waals surface area contributed by atoms with Crippen molar-refractivity contribution in [3.8, 4) is 6.07 Å². The molecule has 0 saturated carbocycles. The maximum absolute atomic E-state index is 12.4. The van der Waals surface area contributed by atoms with Crippen molar-refractivity contribution < 1.29 is 18.8 Å². The second kappa shape index (κ2) is 10.1. The fraction of sp³-hybridized carbons (Fsp3) is 0.261. The van der Waals surface area contributed by atoms with Crippen molar-refractivity contribution in [2.75, 3.05) is 5.32 Å². The second-order valence-corrected chi connectivity index (χ2v) is 8.58. The normalized spacial score (nSPS) is 15.0. The molecule has 0 fully saturated rings. The zero-order valence-electron chi connectivity index (χ0n) is 17.8. The lowest BCUT2D eigenvalue weighted by atomic mass is 9.94. The Morgan fingerprint density at radius 3 is 3.06 bits per heavy atom. The number of nitrogens with one attached hydrogen (secondary N) is 2. The van der Waals surface area contributed by atoms with E-state index < -0.39 is 6.09 Å². The number of alkyl carbamates (subject to hydrolysis) is 1. The Bertz CT molecular complexity index is 1230. The summed E-state index contributed by atoms with van der Waals surface area (Å²) in [5.41, 5.74) is 3.69. The minimum Gasteiger partial charge on any atom is -0.446 e. The lowest BCUT2D eigenvalue weighted by Crippen LogP contribution is -2.31. The standard InChI is InChI=1S/C23H21N5O4S/c1-14-16(13-31-28-14)12-26-23(30)32-17-5-6-18-19(10-24)22(33-20(18)9-17)27-21(29)7-4-15-3-2-8-25-11-15/h2-4,7-8,11,13,17H,5-6,9,12H2,1H3,(H,26,30)(H,27,29)/b7-4+. The van der Waals surface area contributed by atoms with E-state index in [0.717, 1.165) is 21.6 Å².